The van der Waals surface area contributed by atoms with Crippen molar-refractivity contribution in [2.75, 3.05) is 0 Å². The summed E-state index contributed by atoms with van der Waals surface area (Å²) in [5.41, 5.74) is 0. The molecule has 0 spiro atoms. The summed E-state index contributed by atoms with van der Waals surface area (Å²) in [7, 11) is -3.50. The third-order valence-corrected chi connectivity index (χ3v) is 76.5. The van der Waals surface area contributed by atoms with E-state index in [4.69, 9.17) is 0 Å². The van der Waals surface area contributed by atoms with Gasteiger partial charge >= 0.3 is 0 Å². The molecule has 1 aliphatic rings. The number of hydrogen-bond acceptors (Lipinski definition) is 0. The Hall–Kier alpha value is 0.868. The van der Waals surface area contributed by atoms with Crippen LogP contribution in [-0.4, -0.2) is 29.4 Å². The summed E-state index contributed by atoms with van der Waals surface area (Å²) in [6.07, 6.45) is 1.57. The van der Waals surface area contributed by atoms with Crippen LogP contribution in [0.3, 0.4) is 0 Å². The van der Waals surface area contributed by atoms with Crippen molar-refractivity contribution in [2.24, 2.45) is 0 Å². The van der Waals surface area contributed by atoms with Gasteiger partial charge in [-0.15, -0.1) is 0 Å². The molecule has 0 saturated carbocycles. The van der Waals surface area contributed by atoms with Gasteiger partial charge in [0.2, 0.25) is 0 Å². The lowest BCUT2D eigenvalue weighted by molar-refractivity contribution is 1.03. The highest BCUT2D eigenvalue weighted by Gasteiger charge is 2.59. The lowest BCUT2D eigenvalue weighted by Crippen LogP contribution is -2.77. The van der Waals surface area contributed by atoms with Crippen molar-refractivity contribution in [3.05, 3.63) is 0 Å². The van der Waals surface area contributed by atoms with Gasteiger partial charge in [-0.1, -0.05) is 70.9 Å². The van der Waals surface area contributed by atoms with Gasteiger partial charge in [0.05, 0.1) is 0 Å². The number of rotatable bonds is 0. The maximum Gasteiger partial charge on any atom is 0.0384 e. The van der Waals surface area contributed by atoms with Crippen molar-refractivity contribution in [2.45, 2.75) is 70.9 Å². The zero-order valence-corrected chi connectivity index (χ0v) is 16.1. The minimum absolute atomic E-state index is 0.857. The van der Waals surface area contributed by atoms with Gasteiger partial charge in [0, 0.05) is 29.4 Å². The molecule has 0 N–H and O–H groups in total. The molecule has 1 heterocycles. The molecule has 1 rings (SSSR count). The van der Waals surface area contributed by atoms with Gasteiger partial charge in [0.15, 0.2) is 0 Å². The predicted molar refractivity (Wildman–Crippen MR) is 84.2 cm³/mol. The SMILES string of the molecule is C[Si]1(C)CCC[Si](C)(C)[Si](C)(C)[Si]1(C)C. The molecule has 15 heavy (non-hydrogen) atoms. The van der Waals surface area contributed by atoms with Gasteiger partial charge in [0.25, 0.3) is 0 Å². The molecule has 0 aromatic rings. The quantitative estimate of drug-likeness (QED) is 0.572. The normalized spacial score (nSPS) is 32.0. The molecule has 4 heteroatoms. The Bertz CT molecular complexity index is 227. The topological polar surface area (TPSA) is 0 Å². The van der Waals surface area contributed by atoms with E-state index in [0.29, 0.717) is 0 Å². The third kappa shape index (κ3) is 1.91. The van der Waals surface area contributed by atoms with Gasteiger partial charge < -0.3 is 0 Å². The van der Waals surface area contributed by atoms with E-state index in [0.717, 1.165) is 0 Å². The molecular formula is C11H30Si4. The maximum absolute atomic E-state index is 2.77. The maximum atomic E-state index is 2.77. The van der Waals surface area contributed by atoms with E-state index in [-0.39, 0.29) is 0 Å². The van der Waals surface area contributed by atoms with Gasteiger partial charge in [-0.3, -0.25) is 0 Å². The Kier molecular flexibility index (Phi) is 3.42. The van der Waals surface area contributed by atoms with E-state index in [1.165, 1.54) is 0 Å². The van der Waals surface area contributed by atoms with Crippen LogP contribution in [-0.2, 0) is 0 Å². The van der Waals surface area contributed by atoms with E-state index in [1.807, 2.05) is 0 Å². The Morgan fingerprint density at radius 3 is 1.07 bits per heavy atom. The second kappa shape index (κ2) is 3.68. The molecule has 0 radical (unpaired) electrons. The van der Waals surface area contributed by atoms with Gasteiger partial charge in [-0.05, 0) is 0 Å². The molecular weight excluding hydrogens is 244 g/mol. The van der Waals surface area contributed by atoms with Gasteiger partial charge in [-0.25, -0.2) is 0 Å². The van der Waals surface area contributed by atoms with Crippen LogP contribution in [0.2, 0.25) is 64.5 Å². The van der Waals surface area contributed by atoms with Crippen LogP contribution < -0.4 is 0 Å². The highest BCUT2D eigenvalue weighted by Crippen LogP contribution is 2.42. The summed E-state index contributed by atoms with van der Waals surface area (Å²) in [5.74, 6) is 0. The minimum atomic E-state index is -0.892. The second-order valence-corrected chi connectivity index (χ2v) is 49.0. The fourth-order valence-corrected chi connectivity index (χ4v) is 76.3. The van der Waals surface area contributed by atoms with E-state index >= 15 is 0 Å². The van der Waals surface area contributed by atoms with Crippen LogP contribution in [0.5, 0.6) is 0 Å². The standard InChI is InChI=1S/C11H30Si4/c1-12(2)10-9-11-13(3,4)15(7,8)14(12,5)6/h9-11H2,1-8H3. The van der Waals surface area contributed by atoms with E-state index in [9.17, 15) is 0 Å². The lowest BCUT2D eigenvalue weighted by atomic mass is 10.6. The molecule has 1 aliphatic heterocycles. The van der Waals surface area contributed by atoms with Crippen molar-refractivity contribution >= 4 is 29.4 Å². The van der Waals surface area contributed by atoms with E-state index in [1.54, 1.807) is 18.5 Å². The van der Waals surface area contributed by atoms with Crippen molar-refractivity contribution in [1.82, 2.24) is 0 Å². The zero-order valence-electron chi connectivity index (χ0n) is 12.1. The molecule has 1 fully saturated rings. The molecule has 0 aromatic carbocycles. The minimum Gasteiger partial charge on any atom is -0.0733 e. The first kappa shape index (κ1) is 13.9. The summed E-state index contributed by atoms with van der Waals surface area (Å²) >= 11 is 0. The Morgan fingerprint density at radius 2 is 0.800 bits per heavy atom. The Balaban J connectivity index is 3.26. The first-order chi connectivity index (χ1) is 6.46. The lowest BCUT2D eigenvalue weighted by Gasteiger charge is -2.52. The number of hydrogen-bond donors (Lipinski definition) is 0. The summed E-state index contributed by atoms with van der Waals surface area (Å²) in [6, 6.07) is 3.28. The van der Waals surface area contributed by atoms with Crippen LogP contribution in [0.25, 0.3) is 0 Å². The first-order valence-corrected chi connectivity index (χ1v) is 21.9. The van der Waals surface area contributed by atoms with Crippen LogP contribution in [0.15, 0.2) is 0 Å². The van der Waals surface area contributed by atoms with E-state index in [2.05, 4.69) is 52.4 Å². The Morgan fingerprint density at radius 1 is 0.533 bits per heavy atom. The van der Waals surface area contributed by atoms with Crippen molar-refractivity contribution < 1.29 is 0 Å². The average Bonchev–Trinajstić information content (AvgIpc) is 2.03. The van der Waals surface area contributed by atoms with Crippen molar-refractivity contribution in [3.8, 4) is 0 Å². The molecule has 0 nitrogen and oxygen atoms in total. The molecule has 1 saturated heterocycles. The molecule has 0 atom stereocenters. The average molecular weight is 275 g/mol. The summed E-state index contributed by atoms with van der Waals surface area (Å²) < 4.78 is 0. The monoisotopic (exact) mass is 274 g/mol. The zero-order chi connectivity index (χ0) is 12.1. The van der Waals surface area contributed by atoms with Crippen molar-refractivity contribution in [1.29, 1.82) is 0 Å². The molecule has 0 aliphatic carbocycles. The fourth-order valence-electron chi connectivity index (χ4n) is 3.29. The second-order valence-electron chi connectivity index (χ2n) is 7.87. The van der Waals surface area contributed by atoms with Crippen LogP contribution >= 0.6 is 0 Å². The van der Waals surface area contributed by atoms with Crippen molar-refractivity contribution in [3.63, 3.8) is 0 Å². The van der Waals surface area contributed by atoms with E-state index < -0.39 is 29.4 Å². The predicted octanol–water partition coefficient (Wildman–Crippen LogP) is 4.46. The molecule has 90 valence electrons. The smallest absolute Gasteiger partial charge is 0.0384 e. The summed E-state index contributed by atoms with van der Waals surface area (Å²) in [6.45, 7) is 21.9. The van der Waals surface area contributed by atoms with Gasteiger partial charge in [-0.2, -0.15) is 0 Å². The highest BCUT2D eigenvalue weighted by atomic mass is 29.8. The fraction of sp³-hybridized carbons (Fsp3) is 1.00. The summed E-state index contributed by atoms with van der Waals surface area (Å²) in [4.78, 5) is 0. The van der Waals surface area contributed by atoms with Gasteiger partial charge in [0.1, 0.15) is 0 Å². The Labute approximate surface area is 100 Å². The molecule has 0 aromatic heterocycles. The molecule has 0 unspecified atom stereocenters. The molecule has 0 bridgehead atoms. The van der Waals surface area contributed by atoms with Crippen LogP contribution in [0.1, 0.15) is 6.42 Å². The first-order valence-electron chi connectivity index (χ1n) is 6.46. The third-order valence-electron chi connectivity index (χ3n) is 6.55. The summed E-state index contributed by atoms with van der Waals surface area (Å²) in [5, 5.41) is 0. The van der Waals surface area contributed by atoms with Crippen LogP contribution in [0, 0.1) is 0 Å². The molecule has 0 amide bonds. The largest absolute Gasteiger partial charge is 0.0733 e. The highest BCUT2D eigenvalue weighted by molar-refractivity contribution is 7.83. The van der Waals surface area contributed by atoms with Crippen LogP contribution in [0.4, 0.5) is 0 Å².